The molecule has 0 aromatic heterocycles. The Bertz CT molecular complexity index is 1030. The Kier molecular flexibility index (Phi) is 16.8. The number of hydrogen-bond acceptors (Lipinski definition) is 9. The Morgan fingerprint density at radius 2 is 1.47 bits per heavy atom. The highest BCUT2D eigenvalue weighted by Gasteiger charge is 2.66. The smallest absolute Gasteiger partial charge is 0.407 e. The minimum atomic E-state index is -0.470. The molecule has 0 heterocycles. The van der Waals surface area contributed by atoms with Crippen molar-refractivity contribution in [2.45, 2.75) is 149 Å². The number of ether oxygens (including phenoxy) is 4. The minimum absolute atomic E-state index is 0.122. The predicted octanol–water partition coefficient (Wildman–Crippen LogP) is 5.99. The van der Waals surface area contributed by atoms with Crippen LogP contribution in [0.4, 0.5) is 4.79 Å². The molecule has 4 aliphatic carbocycles. The van der Waals surface area contributed by atoms with E-state index in [2.05, 4.69) is 31.4 Å². The van der Waals surface area contributed by atoms with Crippen molar-refractivity contribution in [3.8, 4) is 0 Å². The summed E-state index contributed by atoms with van der Waals surface area (Å²) in [6.07, 6.45) is 14.9. The third-order valence-corrected chi connectivity index (χ3v) is 13.7. The molecule has 0 bridgehead atoms. The van der Waals surface area contributed by atoms with Crippen molar-refractivity contribution in [2.75, 3.05) is 59.1 Å². The van der Waals surface area contributed by atoms with E-state index >= 15 is 0 Å². The molecule has 4 fully saturated rings. The number of nitrogens with one attached hydrogen (secondary N) is 2. The first kappa shape index (κ1) is 42.7. The van der Waals surface area contributed by atoms with Gasteiger partial charge in [-0.05, 0) is 178 Å². The van der Waals surface area contributed by atoms with E-state index < -0.39 is 5.60 Å². The number of nitrogens with two attached hydrogens (primary N) is 3. The molecule has 0 aliphatic heterocycles. The van der Waals surface area contributed by atoms with Crippen molar-refractivity contribution in [1.82, 2.24) is 10.6 Å². The van der Waals surface area contributed by atoms with Gasteiger partial charge in [0.2, 0.25) is 0 Å². The fourth-order valence-corrected chi connectivity index (χ4v) is 11.2. The largest absolute Gasteiger partial charge is 0.444 e. The van der Waals surface area contributed by atoms with Crippen LogP contribution in [0.2, 0.25) is 0 Å². The molecule has 10 heteroatoms. The summed E-state index contributed by atoms with van der Waals surface area (Å²) in [4.78, 5) is 11.9. The number of rotatable bonds is 21. The molecule has 1 unspecified atom stereocenters. The molecule has 4 saturated carbocycles. The fraction of sp³-hybridized carbons (Fsp3) is 0.976. The minimum Gasteiger partial charge on any atom is -0.444 e. The van der Waals surface area contributed by atoms with Crippen LogP contribution in [0.25, 0.3) is 0 Å². The van der Waals surface area contributed by atoms with Crippen molar-refractivity contribution >= 4 is 6.09 Å². The maximum absolute atomic E-state index is 11.9. The van der Waals surface area contributed by atoms with Crippen LogP contribution in [0.15, 0.2) is 0 Å². The van der Waals surface area contributed by atoms with Gasteiger partial charge in [-0.2, -0.15) is 0 Å². The Labute approximate surface area is 311 Å². The van der Waals surface area contributed by atoms with Crippen LogP contribution in [0, 0.1) is 46.3 Å². The molecule has 51 heavy (non-hydrogen) atoms. The van der Waals surface area contributed by atoms with Gasteiger partial charge in [-0.1, -0.05) is 20.8 Å². The zero-order valence-corrected chi connectivity index (χ0v) is 33.5. The summed E-state index contributed by atoms with van der Waals surface area (Å²) in [5.41, 5.74) is 17.7. The Balaban J connectivity index is 1.42. The van der Waals surface area contributed by atoms with Gasteiger partial charge >= 0.3 is 6.09 Å². The van der Waals surface area contributed by atoms with Crippen LogP contribution < -0.4 is 27.8 Å². The van der Waals surface area contributed by atoms with Gasteiger partial charge in [0.25, 0.3) is 0 Å². The van der Waals surface area contributed by atoms with Gasteiger partial charge in [0.05, 0.1) is 18.3 Å². The summed E-state index contributed by atoms with van der Waals surface area (Å²) >= 11 is 0. The molecule has 298 valence electrons. The molecular weight excluding hydrogens is 642 g/mol. The highest BCUT2D eigenvalue weighted by atomic mass is 16.6. The lowest BCUT2D eigenvalue weighted by atomic mass is 9.43. The van der Waals surface area contributed by atoms with Crippen molar-refractivity contribution in [3.05, 3.63) is 0 Å². The third kappa shape index (κ3) is 11.0. The Morgan fingerprint density at radius 3 is 2.16 bits per heavy atom. The number of fused-ring (bicyclic) bond motifs is 5. The molecule has 4 rings (SSSR count). The lowest BCUT2D eigenvalue weighted by Gasteiger charge is -2.65. The van der Waals surface area contributed by atoms with Crippen molar-refractivity contribution < 1.29 is 23.7 Å². The number of alkyl carbamates (subject to hydrolysis) is 1. The van der Waals surface area contributed by atoms with Crippen LogP contribution in [-0.4, -0.2) is 89.1 Å². The molecule has 11 atom stereocenters. The van der Waals surface area contributed by atoms with E-state index in [1.165, 1.54) is 25.7 Å². The van der Waals surface area contributed by atoms with Crippen molar-refractivity contribution in [2.24, 2.45) is 63.5 Å². The highest BCUT2D eigenvalue weighted by molar-refractivity contribution is 5.67. The van der Waals surface area contributed by atoms with E-state index in [-0.39, 0.29) is 29.1 Å². The maximum atomic E-state index is 11.9. The summed E-state index contributed by atoms with van der Waals surface area (Å²) < 4.78 is 25.7. The zero-order chi connectivity index (χ0) is 37.1. The molecule has 0 radical (unpaired) electrons. The van der Waals surface area contributed by atoms with Crippen LogP contribution >= 0.6 is 0 Å². The van der Waals surface area contributed by atoms with Crippen LogP contribution in [-0.2, 0) is 18.9 Å². The third-order valence-electron chi connectivity index (χ3n) is 13.7. The molecule has 0 spiro atoms. The zero-order valence-electron chi connectivity index (χ0n) is 33.5. The molecule has 10 nitrogen and oxygen atoms in total. The number of carbonyl (C=O) groups is 1. The van der Waals surface area contributed by atoms with Gasteiger partial charge in [0, 0.05) is 31.8 Å². The summed E-state index contributed by atoms with van der Waals surface area (Å²) in [7, 11) is 0. The Morgan fingerprint density at radius 1 is 0.804 bits per heavy atom. The summed E-state index contributed by atoms with van der Waals surface area (Å²) in [6.45, 7) is 20.2. The number of carbonyl (C=O) groups excluding carboxylic acids is 1. The molecule has 0 saturated heterocycles. The second-order valence-corrected chi connectivity index (χ2v) is 18.1. The number of amides is 1. The summed E-state index contributed by atoms with van der Waals surface area (Å²) in [6, 6.07) is 0. The van der Waals surface area contributed by atoms with Crippen molar-refractivity contribution in [3.63, 3.8) is 0 Å². The summed E-state index contributed by atoms with van der Waals surface area (Å²) in [5.74, 6) is 3.61. The molecule has 4 aliphatic rings. The molecule has 1 amide bonds. The lowest BCUT2D eigenvalue weighted by molar-refractivity contribution is -0.227. The molecular formula is C41H79N5O5. The van der Waals surface area contributed by atoms with Gasteiger partial charge < -0.3 is 46.8 Å². The topological polar surface area (TPSA) is 156 Å². The normalized spacial score (nSPS) is 35.5. The van der Waals surface area contributed by atoms with Crippen LogP contribution in [0.5, 0.6) is 0 Å². The maximum Gasteiger partial charge on any atom is 0.407 e. The second kappa shape index (κ2) is 20.1. The second-order valence-electron chi connectivity index (χ2n) is 18.1. The predicted molar refractivity (Wildman–Crippen MR) is 206 cm³/mol. The van der Waals surface area contributed by atoms with Gasteiger partial charge in [-0.15, -0.1) is 0 Å². The molecule has 8 N–H and O–H groups in total. The summed E-state index contributed by atoms with van der Waals surface area (Å²) in [5, 5.41) is 6.47. The first-order valence-electron chi connectivity index (χ1n) is 21.0. The monoisotopic (exact) mass is 722 g/mol. The van der Waals surface area contributed by atoms with Crippen LogP contribution in [0.1, 0.15) is 125 Å². The van der Waals surface area contributed by atoms with Gasteiger partial charge in [-0.25, -0.2) is 4.79 Å². The highest BCUT2D eigenvalue weighted by Crippen LogP contribution is 2.69. The Hall–Kier alpha value is -1.01. The SMILES string of the molecule is C[C@H](CCCNCCCNC(=O)OC(C)(C)C)C1CC[C@H]2[C@@H]3[C@H](OCCCN)C[C@@H]4C[C@H](OCCCN)CC[C@]4(C)[C@H]3C[C@H](OCCCN)[C@]12C. The average Bonchev–Trinajstić information content (AvgIpc) is 3.44. The fourth-order valence-electron chi connectivity index (χ4n) is 11.2. The molecule has 0 aromatic rings. The van der Waals surface area contributed by atoms with E-state index in [0.29, 0.717) is 67.8 Å². The van der Waals surface area contributed by atoms with E-state index in [1.807, 2.05) is 20.8 Å². The molecule has 0 aromatic carbocycles. The average molecular weight is 722 g/mol. The quantitative estimate of drug-likeness (QED) is 0.0900. The van der Waals surface area contributed by atoms with E-state index in [4.69, 9.17) is 36.1 Å². The van der Waals surface area contributed by atoms with Crippen molar-refractivity contribution in [1.29, 1.82) is 0 Å². The van der Waals surface area contributed by atoms with E-state index in [9.17, 15) is 4.79 Å². The van der Waals surface area contributed by atoms with E-state index in [1.54, 1.807) is 0 Å². The lowest BCUT2D eigenvalue weighted by Crippen LogP contribution is -2.63. The van der Waals surface area contributed by atoms with Gasteiger partial charge in [0.15, 0.2) is 0 Å². The van der Waals surface area contributed by atoms with Gasteiger partial charge in [0.1, 0.15) is 5.60 Å². The first-order chi connectivity index (χ1) is 24.4. The van der Waals surface area contributed by atoms with Gasteiger partial charge in [-0.3, -0.25) is 0 Å². The van der Waals surface area contributed by atoms with E-state index in [0.717, 1.165) is 90.7 Å². The standard InChI is InChI=1S/C41H79N5O5/c1-29(12-7-20-45-21-11-22-46-38(47)51-39(2,3)4)32-13-14-33-37-34(28-36(41(32,33)6)50-25-10-19-44)40(5)16-15-31(48-23-8-17-42)26-30(40)27-35(37)49-24-9-18-43/h29-37,45H,7-28,42-44H2,1-6H3,(H,46,47)/t29-,30+,31-,32?,33+,34+,35-,36+,37+,40+,41-/m1/s1. The number of hydrogen-bond donors (Lipinski definition) is 5. The van der Waals surface area contributed by atoms with Crippen LogP contribution in [0.3, 0.4) is 0 Å². The first-order valence-corrected chi connectivity index (χ1v) is 21.0.